The number of likely N-dealkylation sites (N-methyl/N-ethyl adjacent to an activating group) is 1. The highest BCUT2D eigenvalue weighted by Gasteiger charge is 2.30. The molecule has 2 unspecified atom stereocenters. The Balaban J connectivity index is 2.24. The van der Waals surface area contributed by atoms with Crippen LogP contribution in [0.5, 0.6) is 5.75 Å². The van der Waals surface area contributed by atoms with Gasteiger partial charge in [-0.15, -0.1) is 0 Å². The summed E-state index contributed by atoms with van der Waals surface area (Å²) in [5, 5.41) is 19.1. The van der Waals surface area contributed by atoms with Crippen LogP contribution in [-0.2, 0) is 0 Å². The van der Waals surface area contributed by atoms with Gasteiger partial charge in [-0.3, -0.25) is 4.90 Å². The van der Waals surface area contributed by atoms with E-state index >= 15 is 0 Å². The van der Waals surface area contributed by atoms with Gasteiger partial charge < -0.3 is 10.0 Å². The number of phenols is 1. The smallest absolute Gasteiger partial charge is 0.124 e. The summed E-state index contributed by atoms with van der Waals surface area (Å²) >= 11 is 0. The van der Waals surface area contributed by atoms with Gasteiger partial charge in [-0.2, -0.15) is 5.26 Å². The highest BCUT2D eigenvalue weighted by atomic mass is 16.3. The second kappa shape index (κ2) is 6.05. The van der Waals surface area contributed by atoms with Crippen molar-refractivity contribution in [3.8, 4) is 11.8 Å². The molecule has 2 atom stereocenters. The molecule has 0 amide bonds. The first kappa shape index (κ1) is 13.9. The van der Waals surface area contributed by atoms with Crippen molar-refractivity contribution in [2.24, 2.45) is 0 Å². The van der Waals surface area contributed by atoms with Crippen LogP contribution in [0.2, 0.25) is 0 Å². The highest BCUT2D eigenvalue weighted by molar-refractivity contribution is 5.32. The maximum atomic E-state index is 9.58. The van der Waals surface area contributed by atoms with Crippen molar-refractivity contribution in [2.75, 3.05) is 26.7 Å². The molecule has 1 aliphatic rings. The lowest BCUT2D eigenvalue weighted by molar-refractivity contribution is 0.0675. The van der Waals surface area contributed by atoms with Gasteiger partial charge in [0.1, 0.15) is 11.8 Å². The molecule has 1 aliphatic heterocycles. The number of piperazine rings is 1. The predicted molar refractivity (Wildman–Crippen MR) is 74.7 cm³/mol. The van der Waals surface area contributed by atoms with Crippen LogP contribution in [0.4, 0.5) is 0 Å². The Bertz CT molecular complexity index is 469. The quantitative estimate of drug-likeness (QED) is 0.902. The third kappa shape index (κ3) is 3.06. The summed E-state index contributed by atoms with van der Waals surface area (Å²) in [6.07, 6.45) is 1.03. The Kier molecular flexibility index (Phi) is 4.41. The second-order valence-corrected chi connectivity index (χ2v) is 5.19. The van der Waals surface area contributed by atoms with Crippen LogP contribution in [0.15, 0.2) is 24.3 Å². The van der Waals surface area contributed by atoms with Gasteiger partial charge in [0.05, 0.1) is 6.07 Å². The molecule has 1 aromatic rings. The molecule has 4 nitrogen and oxygen atoms in total. The van der Waals surface area contributed by atoms with Gasteiger partial charge in [-0.25, -0.2) is 0 Å². The first-order valence-electron chi connectivity index (χ1n) is 6.78. The monoisotopic (exact) mass is 259 g/mol. The number of phenolic OH excluding ortho intramolecular Hbond substituents is 1. The van der Waals surface area contributed by atoms with E-state index in [9.17, 15) is 10.4 Å². The zero-order valence-corrected chi connectivity index (χ0v) is 11.6. The van der Waals surface area contributed by atoms with E-state index in [1.807, 2.05) is 6.07 Å². The molecule has 0 spiro atoms. The van der Waals surface area contributed by atoms with E-state index < -0.39 is 0 Å². The standard InChI is InChI=1S/C15H21N3O/c1-3-13-11-17(2)7-8-18(13)15(10-16)12-5-4-6-14(19)9-12/h4-6,9,13,15,19H,3,7-8,11H2,1-2H3. The molecule has 1 fully saturated rings. The van der Waals surface area contributed by atoms with Crippen molar-refractivity contribution < 1.29 is 5.11 Å². The minimum atomic E-state index is -0.272. The molecule has 1 aromatic carbocycles. The van der Waals surface area contributed by atoms with Gasteiger partial charge in [0.2, 0.25) is 0 Å². The fourth-order valence-corrected chi connectivity index (χ4v) is 2.76. The van der Waals surface area contributed by atoms with Crippen LogP contribution in [0.1, 0.15) is 24.9 Å². The molecule has 1 heterocycles. The Hall–Kier alpha value is -1.57. The summed E-state index contributed by atoms with van der Waals surface area (Å²) in [4.78, 5) is 4.57. The first-order chi connectivity index (χ1) is 9.15. The summed E-state index contributed by atoms with van der Waals surface area (Å²) in [5.74, 6) is 0.222. The Morgan fingerprint density at radius 1 is 1.47 bits per heavy atom. The first-order valence-corrected chi connectivity index (χ1v) is 6.78. The summed E-state index contributed by atoms with van der Waals surface area (Å²) in [6.45, 7) is 5.03. The summed E-state index contributed by atoms with van der Waals surface area (Å²) < 4.78 is 0. The van der Waals surface area contributed by atoms with E-state index in [4.69, 9.17) is 0 Å². The van der Waals surface area contributed by atoms with E-state index in [2.05, 4.69) is 29.8 Å². The maximum Gasteiger partial charge on any atom is 0.124 e. The lowest BCUT2D eigenvalue weighted by atomic mass is 10.0. The SMILES string of the molecule is CCC1CN(C)CCN1C(C#N)c1cccc(O)c1. The lowest BCUT2D eigenvalue weighted by Crippen LogP contribution is -2.52. The largest absolute Gasteiger partial charge is 0.508 e. The topological polar surface area (TPSA) is 50.5 Å². The molecule has 0 aromatic heterocycles. The molecule has 19 heavy (non-hydrogen) atoms. The summed E-state index contributed by atoms with van der Waals surface area (Å²) in [5.41, 5.74) is 0.880. The van der Waals surface area contributed by atoms with Gasteiger partial charge in [-0.1, -0.05) is 19.1 Å². The van der Waals surface area contributed by atoms with Gasteiger partial charge in [-0.05, 0) is 31.2 Å². The molecule has 0 saturated carbocycles. The lowest BCUT2D eigenvalue weighted by Gasteiger charge is -2.42. The normalized spacial score (nSPS) is 22.9. The predicted octanol–water partition coefficient (Wildman–Crippen LogP) is 1.98. The summed E-state index contributed by atoms with van der Waals surface area (Å²) in [7, 11) is 2.12. The number of hydrogen-bond donors (Lipinski definition) is 1. The van der Waals surface area contributed by atoms with Crippen LogP contribution in [0, 0.1) is 11.3 Å². The van der Waals surface area contributed by atoms with E-state index in [-0.39, 0.29) is 11.8 Å². The molecule has 1 N–H and O–H groups in total. The van der Waals surface area contributed by atoms with Crippen LogP contribution < -0.4 is 0 Å². The van der Waals surface area contributed by atoms with Gasteiger partial charge >= 0.3 is 0 Å². The third-order valence-electron chi connectivity index (χ3n) is 3.84. The number of rotatable bonds is 3. The number of nitriles is 1. The molecule has 0 aliphatic carbocycles. The van der Waals surface area contributed by atoms with Gasteiger partial charge in [0, 0.05) is 25.7 Å². The van der Waals surface area contributed by atoms with Crippen LogP contribution in [0.25, 0.3) is 0 Å². The summed E-state index contributed by atoms with van der Waals surface area (Å²) in [6, 6.07) is 9.56. The van der Waals surface area contributed by atoms with E-state index in [0.717, 1.165) is 31.6 Å². The molecule has 4 heteroatoms. The van der Waals surface area contributed by atoms with E-state index in [1.165, 1.54) is 0 Å². The zero-order valence-electron chi connectivity index (χ0n) is 11.6. The molecule has 0 bridgehead atoms. The minimum absolute atomic E-state index is 0.222. The van der Waals surface area contributed by atoms with E-state index in [1.54, 1.807) is 18.2 Å². The van der Waals surface area contributed by atoms with Crippen molar-refractivity contribution in [1.82, 2.24) is 9.80 Å². The maximum absolute atomic E-state index is 9.58. The van der Waals surface area contributed by atoms with Crippen molar-refractivity contribution in [1.29, 1.82) is 5.26 Å². The van der Waals surface area contributed by atoms with Crippen molar-refractivity contribution in [3.63, 3.8) is 0 Å². The Morgan fingerprint density at radius 2 is 2.26 bits per heavy atom. The van der Waals surface area contributed by atoms with Crippen molar-refractivity contribution in [2.45, 2.75) is 25.4 Å². The van der Waals surface area contributed by atoms with Crippen LogP contribution in [-0.4, -0.2) is 47.6 Å². The van der Waals surface area contributed by atoms with Crippen LogP contribution in [0.3, 0.4) is 0 Å². The van der Waals surface area contributed by atoms with Crippen molar-refractivity contribution >= 4 is 0 Å². The molecular weight excluding hydrogens is 238 g/mol. The van der Waals surface area contributed by atoms with Crippen LogP contribution >= 0.6 is 0 Å². The fourth-order valence-electron chi connectivity index (χ4n) is 2.76. The molecule has 1 saturated heterocycles. The van der Waals surface area contributed by atoms with Gasteiger partial charge in [0.15, 0.2) is 0 Å². The Labute approximate surface area is 114 Å². The zero-order chi connectivity index (χ0) is 13.8. The number of benzene rings is 1. The Morgan fingerprint density at radius 3 is 2.89 bits per heavy atom. The fraction of sp³-hybridized carbons (Fsp3) is 0.533. The van der Waals surface area contributed by atoms with Crippen molar-refractivity contribution in [3.05, 3.63) is 29.8 Å². The highest BCUT2D eigenvalue weighted by Crippen LogP contribution is 2.27. The van der Waals surface area contributed by atoms with E-state index in [0.29, 0.717) is 6.04 Å². The minimum Gasteiger partial charge on any atom is -0.508 e. The average Bonchev–Trinajstić information content (AvgIpc) is 2.41. The number of nitrogens with zero attached hydrogens (tertiary/aromatic N) is 3. The molecule has 0 radical (unpaired) electrons. The number of hydrogen-bond acceptors (Lipinski definition) is 4. The molecule has 102 valence electrons. The molecule has 2 rings (SSSR count). The average molecular weight is 259 g/mol. The third-order valence-corrected chi connectivity index (χ3v) is 3.84. The van der Waals surface area contributed by atoms with Gasteiger partial charge in [0.25, 0.3) is 0 Å². The second-order valence-electron chi connectivity index (χ2n) is 5.19. The number of aromatic hydroxyl groups is 1. The molecular formula is C15H21N3O.